The third kappa shape index (κ3) is 8.47. The van der Waals surface area contributed by atoms with Gasteiger partial charge in [-0.05, 0) is 37.6 Å². The van der Waals surface area contributed by atoms with Crippen molar-refractivity contribution < 1.29 is 14.3 Å². The van der Waals surface area contributed by atoms with Gasteiger partial charge in [-0.1, -0.05) is 6.07 Å². The van der Waals surface area contributed by atoms with E-state index in [1.807, 2.05) is 24.3 Å². The highest BCUT2D eigenvalue weighted by molar-refractivity contribution is 6.00. The minimum Gasteiger partial charge on any atom is -0.495 e. The average Bonchev–Trinajstić information content (AvgIpc) is 2.81. The lowest BCUT2D eigenvalue weighted by atomic mass is 10.1. The maximum atomic E-state index is 12.3. The third-order valence-corrected chi connectivity index (χ3v) is 5.06. The number of carbonyl (C=O) groups is 1. The van der Waals surface area contributed by atoms with Gasteiger partial charge in [-0.25, -0.2) is 14.8 Å². The van der Waals surface area contributed by atoms with E-state index in [0.29, 0.717) is 17.5 Å². The molecule has 10 nitrogen and oxygen atoms in total. The number of urea groups is 1. The van der Waals surface area contributed by atoms with Gasteiger partial charge in [-0.3, -0.25) is 10.2 Å². The second-order valence-corrected chi connectivity index (χ2v) is 7.53. The fourth-order valence-corrected chi connectivity index (χ4v) is 3.41. The van der Waals surface area contributed by atoms with Crippen LogP contribution >= 0.6 is 12.4 Å². The Hall–Kier alpha value is -2.97. The molecule has 3 rings (SSSR count). The van der Waals surface area contributed by atoms with E-state index in [9.17, 15) is 4.79 Å². The molecular formula is C22H30ClN7O3. The van der Waals surface area contributed by atoms with Gasteiger partial charge in [0.05, 0.1) is 38.4 Å². The summed E-state index contributed by atoms with van der Waals surface area (Å²) in [5.41, 5.74) is 1.83. The van der Waals surface area contributed by atoms with Crippen LogP contribution in [0.3, 0.4) is 0 Å². The maximum absolute atomic E-state index is 12.3. The second-order valence-electron chi connectivity index (χ2n) is 7.53. The van der Waals surface area contributed by atoms with Crippen LogP contribution in [0.1, 0.15) is 18.2 Å². The van der Waals surface area contributed by atoms with Gasteiger partial charge in [0, 0.05) is 25.7 Å². The van der Waals surface area contributed by atoms with E-state index in [1.165, 1.54) is 12.4 Å². The van der Waals surface area contributed by atoms with Crippen LogP contribution in [-0.2, 0) is 11.2 Å². The van der Waals surface area contributed by atoms with Crippen LogP contribution in [0.15, 0.2) is 30.6 Å². The Balaban J connectivity index is 0.00000385. The standard InChI is InChI=1S/C22H29N7O3.ClH/c1-16(15-29-7-9-32-10-8-29)24-6-5-17-3-4-19(20(11-17)31-2)27-22(30)28-21-14-25-18(12-23)13-26-21;/h3-4,11,13-14,16,24H,5-10,15H2,1-2H3,(H2,26,27,28,30);1H/t16-;/m1./s1. The van der Waals surface area contributed by atoms with Crippen LogP contribution in [-0.4, -0.2) is 73.4 Å². The van der Waals surface area contributed by atoms with Crippen LogP contribution in [0, 0.1) is 11.3 Å². The topological polar surface area (TPSA) is 124 Å². The molecule has 3 N–H and O–H groups in total. The smallest absolute Gasteiger partial charge is 0.324 e. The van der Waals surface area contributed by atoms with Gasteiger partial charge in [0.1, 0.15) is 11.8 Å². The number of methoxy groups -OCH3 is 1. The summed E-state index contributed by atoms with van der Waals surface area (Å²) in [6, 6.07) is 7.50. The Kier molecular flexibility index (Phi) is 10.8. The SMILES string of the molecule is COc1cc(CCN[C@H](C)CN2CCOCC2)ccc1NC(=O)Nc1cnc(C#N)cn1.Cl. The predicted molar refractivity (Wildman–Crippen MR) is 128 cm³/mol. The predicted octanol–water partition coefficient (Wildman–Crippen LogP) is 2.28. The van der Waals surface area contributed by atoms with Crippen molar-refractivity contribution in [2.45, 2.75) is 19.4 Å². The number of benzene rings is 1. The van der Waals surface area contributed by atoms with E-state index in [2.05, 4.69) is 37.7 Å². The van der Waals surface area contributed by atoms with Crippen molar-refractivity contribution in [2.75, 3.05) is 57.1 Å². The van der Waals surface area contributed by atoms with Crippen molar-refractivity contribution in [1.82, 2.24) is 20.2 Å². The summed E-state index contributed by atoms with van der Waals surface area (Å²) in [6.45, 7) is 7.65. The number of aromatic nitrogens is 2. The lowest BCUT2D eigenvalue weighted by Crippen LogP contribution is -2.44. The molecule has 1 aliphatic heterocycles. The van der Waals surface area contributed by atoms with Crippen molar-refractivity contribution in [3.63, 3.8) is 0 Å². The first-order valence-corrected chi connectivity index (χ1v) is 10.6. The molecule has 2 amide bonds. The number of nitrogens with zero attached hydrogens (tertiary/aromatic N) is 4. The fourth-order valence-electron chi connectivity index (χ4n) is 3.41. The zero-order valence-corrected chi connectivity index (χ0v) is 19.7. The average molecular weight is 476 g/mol. The summed E-state index contributed by atoms with van der Waals surface area (Å²) < 4.78 is 10.8. The zero-order chi connectivity index (χ0) is 22.8. The third-order valence-electron chi connectivity index (χ3n) is 5.06. The number of anilines is 2. The van der Waals surface area contributed by atoms with Crippen molar-refractivity contribution >= 4 is 29.9 Å². The molecule has 0 saturated carbocycles. The molecule has 1 aromatic heterocycles. The molecule has 11 heteroatoms. The number of morpholine rings is 1. The largest absolute Gasteiger partial charge is 0.495 e. The van der Waals surface area contributed by atoms with Gasteiger partial charge in [-0.15, -0.1) is 12.4 Å². The molecule has 1 fully saturated rings. The minimum absolute atomic E-state index is 0. The van der Waals surface area contributed by atoms with Crippen molar-refractivity contribution in [3.05, 3.63) is 41.9 Å². The first-order chi connectivity index (χ1) is 15.6. The minimum atomic E-state index is -0.478. The molecule has 1 aromatic carbocycles. The molecule has 0 radical (unpaired) electrons. The first kappa shape index (κ1) is 26.3. The molecule has 1 saturated heterocycles. The summed E-state index contributed by atoms with van der Waals surface area (Å²) >= 11 is 0. The molecule has 2 aromatic rings. The molecule has 0 unspecified atom stereocenters. The van der Waals surface area contributed by atoms with Crippen LogP contribution in [0.5, 0.6) is 5.75 Å². The summed E-state index contributed by atoms with van der Waals surface area (Å²) in [4.78, 5) is 22.5. The number of carbonyl (C=O) groups excluding carboxylic acids is 1. The molecule has 1 aliphatic rings. The van der Waals surface area contributed by atoms with Gasteiger partial charge in [0.2, 0.25) is 0 Å². The van der Waals surface area contributed by atoms with E-state index in [1.54, 1.807) is 7.11 Å². The van der Waals surface area contributed by atoms with Gasteiger partial charge >= 0.3 is 6.03 Å². The monoisotopic (exact) mass is 475 g/mol. The number of nitrogens with one attached hydrogen (secondary N) is 3. The van der Waals surface area contributed by atoms with E-state index >= 15 is 0 Å². The number of halogens is 1. The quantitative estimate of drug-likeness (QED) is 0.504. The molecular weight excluding hydrogens is 446 g/mol. The van der Waals surface area contributed by atoms with Crippen molar-refractivity contribution in [1.29, 1.82) is 5.26 Å². The number of nitriles is 1. The van der Waals surface area contributed by atoms with E-state index < -0.39 is 6.03 Å². The van der Waals surface area contributed by atoms with E-state index in [0.717, 1.165) is 51.4 Å². The van der Waals surface area contributed by atoms with Crippen molar-refractivity contribution in [3.8, 4) is 11.8 Å². The summed E-state index contributed by atoms with van der Waals surface area (Å²) in [5.74, 6) is 0.819. The molecule has 2 heterocycles. The normalized spacial score (nSPS) is 14.5. The highest BCUT2D eigenvalue weighted by atomic mass is 35.5. The lowest BCUT2D eigenvalue weighted by Gasteiger charge is -2.29. The van der Waals surface area contributed by atoms with E-state index in [-0.39, 0.29) is 23.9 Å². The Morgan fingerprint density at radius 1 is 1.27 bits per heavy atom. The number of hydrogen-bond donors (Lipinski definition) is 3. The molecule has 178 valence electrons. The summed E-state index contributed by atoms with van der Waals surface area (Å²) in [6.07, 6.45) is 3.46. The van der Waals surface area contributed by atoms with E-state index in [4.69, 9.17) is 14.7 Å². The number of ether oxygens (including phenoxy) is 2. The zero-order valence-electron chi connectivity index (χ0n) is 18.8. The van der Waals surface area contributed by atoms with Crippen LogP contribution in [0.25, 0.3) is 0 Å². The molecule has 0 spiro atoms. The number of amides is 2. The Morgan fingerprint density at radius 2 is 2.06 bits per heavy atom. The van der Waals surface area contributed by atoms with Crippen molar-refractivity contribution in [2.24, 2.45) is 0 Å². The van der Waals surface area contributed by atoms with Gasteiger partial charge in [0.15, 0.2) is 11.5 Å². The van der Waals surface area contributed by atoms with Gasteiger partial charge in [-0.2, -0.15) is 5.26 Å². The van der Waals surface area contributed by atoms with Crippen LogP contribution in [0.2, 0.25) is 0 Å². The van der Waals surface area contributed by atoms with Crippen LogP contribution < -0.4 is 20.7 Å². The number of rotatable bonds is 9. The first-order valence-electron chi connectivity index (χ1n) is 10.6. The van der Waals surface area contributed by atoms with Crippen LogP contribution in [0.4, 0.5) is 16.3 Å². The lowest BCUT2D eigenvalue weighted by molar-refractivity contribution is 0.0344. The highest BCUT2D eigenvalue weighted by Crippen LogP contribution is 2.26. The maximum Gasteiger partial charge on any atom is 0.324 e. The van der Waals surface area contributed by atoms with Gasteiger partial charge in [0.25, 0.3) is 0 Å². The molecule has 1 atom stereocenters. The fraction of sp³-hybridized carbons (Fsp3) is 0.455. The van der Waals surface area contributed by atoms with Gasteiger partial charge < -0.3 is 20.1 Å². The summed E-state index contributed by atoms with van der Waals surface area (Å²) in [7, 11) is 1.57. The molecule has 33 heavy (non-hydrogen) atoms. The summed E-state index contributed by atoms with van der Waals surface area (Å²) in [5, 5.41) is 17.6. The highest BCUT2D eigenvalue weighted by Gasteiger charge is 2.14. The molecule has 0 aliphatic carbocycles. The Labute approximate surface area is 200 Å². The Morgan fingerprint density at radius 3 is 2.73 bits per heavy atom. The second kappa shape index (κ2) is 13.5. The molecule has 0 bridgehead atoms. The number of hydrogen-bond acceptors (Lipinski definition) is 8. The Bertz CT molecular complexity index is 931.